The van der Waals surface area contributed by atoms with E-state index in [9.17, 15) is 4.79 Å². The molecular formula is C19H20N4OS. The number of pyridine rings is 1. The van der Waals surface area contributed by atoms with Gasteiger partial charge in [-0.2, -0.15) is 4.98 Å². The summed E-state index contributed by atoms with van der Waals surface area (Å²) >= 11 is 1.70. The van der Waals surface area contributed by atoms with Crippen LogP contribution >= 0.6 is 11.8 Å². The third kappa shape index (κ3) is 3.14. The number of fused-ring (bicyclic) bond motifs is 1. The van der Waals surface area contributed by atoms with Crippen molar-refractivity contribution >= 4 is 28.7 Å². The number of aromatic amines is 1. The predicted molar refractivity (Wildman–Crippen MR) is 103 cm³/mol. The number of rotatable bonds is 3. The highest BCUT2D eigenvalue weighted by Gasteiger charge is 2.16. The monoisotopic (exact) mass is 352 g/mol. The van der Waals surface area contributed by atoms with Crippen LogP contribution in [0.3, 0.4) is 0 Å². The number of nitrogens with zero attached hydrogens (tertiary/aromatic N) is 3. The molecule has 0 amide bonds. The first-order chi connectivity index (χ1) is 12.3. The predicted octanol–water partition coefficient (Wildman–Crippen LogP) is 3.70. The van der Waals surface area contributed by atoms with E-state index in [2.05, 4.69) is 32.0 Å². The molecule has 0 bridgehead atoms. The minimum atomic E-state index is -0.123. The third-order valence-electron chi connectivity index (χ3n) is 4.65. The van der Waals surface area contributed by atoms with Crippen LogP contribution in [0.2, 0.25) is 0 Å². The van der Waals surface area contributed by atoms with Crippen LogP contribution in [0.1, 0.15) is 19.3 Å². The van der Waals surface area contributed by atoms with E-state index in [1.165, 1.54) is 11.3 Å². The van der Waals surface area contributed by atoms with Crippen LogP contribution < -0.4 is 10.5 Å². The van der Waals surface area contributed by atoms with Crippen LogP contribution in [0.5, 0.6) is 0 Å². The lowest BCUT2D eigenvalue weighted by Gasteiger charge is -2.27. The summed E-state index contributed by atoms with van der Waals surface area (Å²) < 4.78 is 0. The summed E-state index contributed by atoms with van der Waals surface area (Å²) in [5, 5.41) is 0.556. The van der Waals surface area contributed by atoms with Gasteiger partial charge in [0.25, 0.3) is 5.56 Å². The molecule has 0 aliphatic carbocycles. The van der Waals surface area contributed by atoms with Crippen molar-refractivity contribution in [2.24, 2.45) is 0 Å². The average molecular weight is 352 g/mol. The van der Waals surface area contributed by atoms with E-state index >= 15 is 0 Å². The number of anilines is 1. The molecule has 1 aliphatic heterocycles. The Labute approximate surface area is 150 Å². The van der Waals surface area contributed by atoms with Crippen LogP contribution in [-0.4, -0.2) is 34.3 Å². The maximum Gasteiger partial charge on any atom is 0.262 e. The molecule has 1 N–H and O–H groups in total. The molecule has 1 aromatic carbocycles. The van der Waals surface area contributed by atoms with E-state index in [1.807, 2.05) is 24.5 Å². The minimum absolute atomic E-state index is 0.123. The lowest BCUT2D eigenvalue weighted by molar-refractivity contribution is 0.568. The number of benzene rings is 1. The zero-order valence-electron chi connectivity index (χ0n) is 14.2. The smallest absolute Gasteiger partial charge is 0.262 e. The second kappa shape index (κ2) is 6.88. The minimum Gasteiger partial charge on any atom is -0.342 e. The molecule has 3 aromatic rings. The fourth-order valence-electron chi connectivity index (χ4n) is 3.32. The Morgan fingerprint density at radius 1 is 1.08 bits per heavy atom. The van der Waals surface area contributed by atoms with Crippen LogP contribution in [-0.2, 0) is 0 Å². The fraction of sp³-hybridized carbons (Fsp3) is 0.316. The second-order valence-electron chi connectivity index (χ2n) is 6.22. The molecule has 6 heteroatoms. The van der Waals surface area contributed by atoms with Crippen LogP contribution in [0.15, 0.2) is 46.2 Å². The Hall–Kier alpha value is -2.34. The Balaban J connectivity index is 1.82. The number of piperidine rings is 1. The largest absolute Gasteiger partial charge is 0.342 e. The van der Waals surface area contributed by atoms with E-state index in [4.69, 9.17) is 0 Å². The normalized spacial score (nSPS) is 14.8. The summed E-state index contributed by atoms with van der Waals surface area (Å²) in [5.41, 5.74) is 2.26. The molecule has 0 radical (unpaired) electrons. The van der Waals surface area contributed by atoms with Gasteiger partial charge in [-0.15, -0.1) is 11.8 Å². The van der Waals surface area contributed by atoms with Crippen molar-refractivity contribution in [2.75, 3.05) is 24.2 Å². The Morgan fingerprint density at radius 2 is 1.84 bits per heavy atom. The molecule has 1 fully saturated rings. The summed E-state index contributed by atoms with van der Waals surface area (Å²) in [4.78, 5) is 28.1. The van der Waals surface area contributed by atoms with Crippen molar-refractivity contribution in [3.05, 3.63) is 46.9 Å². The van der Waals surface area contributed by atoms with E-state index < -0.39 is 0 Å². The molecule has 0 spiro atoms. The molecule has 128 valence electrons. The van der Waals surface area contributed by atoms with Crippen molar-refractivity contribution in [2.45, 2.75) is 24.2 Å². The number of H-pyrrole nitrogens is 1. The second-order valence-corrected chi connectivity index (χ2v) is 7.10. The molecule has 0 unspecified atom stereocenters. The number of aromatic nitrogens is 3. The number of thioether (sulfide) groups is 1. The zero-order valence-corrected chi connectivity index (χ0v) is 15.0. The molecule has 5 nitrogen and oxygen atoms in total. The topological polar surface area (TPSA) is 61.9 Å². The molecule has 25 heavy (non-hydrogen) atoms. The van der Waals surface area contributed by atoms with Crippen LogP contribution in [0, 0.1) is 0 Å². The van der Waals surface area contributed by atoms with Gasteiger partial charge in [0.05, 0.1) is 5.39 Å². The van der Waals surface area contributed by atoms with Gasteiger partial charge in [0.1, 0.15) is 0 Å². The maximum atomic E-state index is 12.8. The van der Waals surface area contributed by atoms with Gasteiger partial charge in [-0.1, -0.05) is 12.1 Å². The van der Waals surface area contributed by atoms with Gasteiger partial charge in [0, 0.05) is 24.2 Å². The fourth-order valence-corrected chi connectivity index (χ4v) is 3.73. The van der Waals surface area contributed by atoms with Gasteiger partial charge in [0.2, 0.25) is 5.95 Å². The van der Waals surface area contributed by atoms with Gasteiger partial charge in [0.15, 0.2) is 5.65 Å². The molecule has 0 saturated carbocycles. The molecule has 0 atom stereocenters. The Bertz CT molecular complexity index is 946. The van der Waals surface area contributed by atoms with Gasteiger partial charge >= 0.3 is 0 Å². The first-order valence-electron chi connectivity index (χ1n) is 8.54. The summed E-state index contributed by atoms with van der Waals surface area (Å²) in [6, 6.07) is 10.1. The Morgan fingerprint density at radius 3 is 2.56 bits per heavy atom. The van der Waals surface area contributed by atoms with Crippen molar-refractivity contribution < 1.29 is 0 Å². The van der Waals surface area contributed by atoms with E-state index in [0.29, 0.717) is 17.0 Å². The summed E-state index contributed by atoms with van der Waals surface area (Å²) in [6.45, 7) is 1.87. The molecular weight excluding hydrogens is 332 g/mol. The molecule has 2 aromatic heterocycles. The highest BCUT2D eigenvalue weighted by molar-refractivity contribution is 7.98. The van der Waals surface area contributed by atoms with E-state index in [-0.39, 0.29) is 5.56 Å². The quantitative estimate of drug-likeness (QED) is 0.728. The zero-order chi connectivity index (χ0) is 17.2. The summed E-state index contributed by atoms with van der Waals surface area (Å²) in [6.07, 6.45) is 7.29. The number of nitrogens with one attached hydrogen (secondary N) is 1. The SMILES string of the molecule is CSc1ccc(-c2ccnc3nc(N4CCCCC4)[nH]c(=O)c23)cc1. The number of hydrogen-bond donors (Lipinski definition) is 1. The van der Waals surface area contributed by atoms with Crippen LogP contribution in [0.4, 0.5) is 5.95 Å². The molecule has 1 aliphatic rings. The van der Waals surface area contributed by atoms with E-state index in [1.54, 1.807) is 18.0 Å². The molecule has 4 rings (SSSR count). The van der Waals surface area contributed by atoms with Crippen LogP contribution in [0.25, 0.3) is 22.2 Å². The number of hydrogen-bond acceptors (Lipinski definition) is 5. The van der Waals surface area contributed by atoms with Crippen molar-refractivity contribution in [3.8, 4) is 11.1 Å². The van der Waals surface area contributed by atoms with Gasteiger partial charge in [-0.3, -0.25) is 9.78 Å². The Kier molecular flexibility index (Phi) is 4.44. The van der Waals surface area contributed by atoms with Gasteiger partial charge in [-0.05, 0) is 54.8 Å². The highest BCUT2D eigenvalue weighted by Crippen LogP contribution is 2.27. The van der Waals surface area contributed by atoms with Crippen molar-refractivity contribution in [3.63, 3.8) is 0 Å². The van der Waals surface area contributed by atoms with E-state index in [0.717, 1.165) is 37.1 Å². The summed E-state index contributed by atoms with van der Waals surface area (Å²) in [5.74, 6) is 0.639. The lowest BCUT2D eigenvalue weighted by atomic mass is 10.0. The first kappa shape index (κ1) is 16.1. The molecule has 1 saturated heterocycles. The van der Waals surface area contributed by atoms with Gasteiger partial charge < -0.3 is 4.90 Å². The first-order valence-corrected chi connectivity index (χ1v) is 9.77. The summed E-state index contributed by atoms with van der Waals surface area (Å²) in [7, 11) is 0. The average Bonchev–Trinajstić information content (AvgIpc) is 2.68. The highest BCUT2D eigenvalue weighted by atomic mass is 32.2. The standard InChI is InChI=1S/C19H20N4OS/c1-25-14-7-5-13(6-8-14)15-9-10-20-17-16(15)18(24)22-19(21-17)23-11-3-2-4-12-23/h5-10H,2-4,11-12H2,1H3,(H,20,21,22,24). The lowest BCUT2D eigenvalue weighted by Crippen LogP contribution is -2.32. The molecule has 3 heterocycles. The van der Waals surface area contributed by atoms with Gasteiger partial charge in [-0.25, -0.2) is 4.98 Å². The maximum absolute atomic E-state index is 12.8. The van der Waals surface area contributed by atoms with Crippen molar-refractivity contribution in [1.82, 2.24) is 15.0 Å². The van der Waals surface area contributed by atoms with Crippen molar-refractivity contribution in [1.29, 1.82) is 0 Å². The third-order valence-corrected chi connectivity index (χ3v) is 5.40.